The molecule has 1 aromatic rings. The van der Waals surface area contributed by atoms with Gasteiger partial charge in [0.15, 0.2) is 0 Å². The van der Waals surface area contributed by atoms with Crippen LogP contribution in [0.3, 0.4) is 0 Å². The summed E-state index contributed by atoms with van der Waals surface area (Å²) in [6.07, 6.45) is 2.84. The van der Waals surface area contributed by atoms with Crippen molar-refractivity contribution in [1.82, 2.24) is 4.90 Å². The molecule has 162 valence electrons. The molecular weight excluding hydrogens is 420 g/mol. The second kappa shape index (κ2) is 4.92. The number of anilines is 1. The number of rotatable bonds is 0. The molecule has 1 amide bonds. The maximum Gasteiger partial charge on any atom is 0.405 e. The fourth-order valence-electron chi connectivity index (χ4n) is 8.77. The van der Waals surface area contributed by atoms with E-state index in [1.165, 1.54) is 0 Å². The standard InChI is InChI=1S/C22H22N2O6S/c1-20-18-15-10-16(25)24(20)14-5-3-2-4-13(14)21(20)7-8-23-11-12(6-9-28-15)17(18)22(19(21)23)29-31(26,27)30-22/h2-6,15,17-19H,7-11H2,1H3/t15?,17-,18+,19-,20?,21+/m0/s1. The quantitative estimate of drug-likeness (QED) is 0.556. The lowest BCUT2D eigenvalue weighted by Crippen LogP contribution is -2.86. The molecule has 7 aliphatic rings. The van der Waals surface area contributed by atoms with E-state index in [9.17, 15) is 13.2 Å². The van der Waals surface area contributed by atoms with Crippen molar-refractivity contribution in [3.8, 4) is 0 Å². The third kappa shape index (κ3) is 1.60. The normalized spacial score (nSPS) is 46.9. The average Bonchev–Trinajstić information content (AvgIpc) is 3.12. The van der Waals surface area contributed by atoms with E-state index in [0.29, 0.717) is 6.61 Å². The summed E-state index contributed by atoms with van der Waals surface area (Å²) in [6.45, 7) is 4.17. The van der Waals surface area contributed by atoms with Crippen LogP contribution < -0.4 is 4.90 Å². The van der Waals surface area contributed by atoms with Crippen LogP contribution in [0.5, 0.6) is 0 Å². The number of benzene rings is 1. The fraction of sp³-hybridized carbons (Fsp3) is 0.591. The number of piperidine rings is 2. The maximum atomic E-state index is 13.6. The van der Waals surface area contributed by atoms with Crippen LogP contribution in [0.4, 0.5) is 5.69 Å². The van der Waals surface area contributed by atoms with Gasteiger partial charge in [-0.3, -0.25) is 9.69 Å². The summed E-state index contributed by atoms with van der Waals surface area (Å²) in [7, 11) is -4.02. The van der Waals surface area contributed by atoms with Crippen molar-refractivity contribution in [2.45, 2.75) is 48.7 Å². The summed E-state index contributed by atoms with van der Waals surface area (Å²) in [5.41, 5.74) is 2.11. The Balaban J connectivity index is 1.51. The Bertz CT molecular complexity index is 1220. The van der Waals surface area contributed by atoms with E-state index >= 15 is 0 Å². The van der Waals surface area contributed by atoms with Crippen LogP contribution >= 0.6 is 0 Å². The predicted octanol–water partition coefficient (Wildman–Crippen LogP) is 1.08. The lowest BCUT2D eigenvalue weighted by atomic mass is 9.45. The van der Waals surface area contributed by atoms with E-state index < -0.39 is 27.1 Å². The molecule has 1 aromatic carbocycles. The first kappa shape index (κ1) is 17.7. The van der Waals surface area contributed by atoms with Crippen LogP contribution in [0.25, 0.3) is 0 Å². The van der Waals surface area contributed by atoms with Gasteiger partial charge in [0.05, 0.1) is 30.7 Å². The maximum absolute atomic E-state index is 13.6. The smallest absolute Gasteiger partial charge is 0.373 e. The third-order valence-electron chi connectivity index (χ3n) is 9.37. The Morgan fingerprint density at radius 1 is 1.19 bits per heavy atom. The summed E-state index contributed by atoms with van der Waals surface area (Å²) < 4.78 is 42.4. The highest BCUT2D eigenvalue weighted by Crippen LogP contribution is 2.74. The van der Waals surface area contributed by atoms with Gasteiger partial charge in [-0.1, -0.05) is 24.3 Å². The van der Waals surface area contributed by atoms with Crippen molar-refractivity contribution in [1.29, 1.82) is 0 Å². The summed E-state index contributed by atoms with van der Waals surface area (Å²) >= 11 is 0. The number of hydrogen-bond donors (Lipinski definition) is 0. The molecule has 9 heteroatoms. The zero-order valence-corrected chi connectivity index (χ0v) is 17.8. The number of amides is 1. The molecule has 2 bridgehead atoms. The van der Waals surface area contributed by atoms with Crippen LogP contribution in [0.1, 0.15) is 25.3 Å². The highest BCUT2D eigenvalue weighted by atomic mass is 32.3. The molecular formula is C22H22N2O6S. The number of carbonyl (C=O) groups is 1. The molecule has 2 spiro atoms. The van der Waals surface area contributed by atoms with Gasteiger partial charge in [-0.25, -0.2) is 8.37 Å². The summed E-state index contributed by atoms with van der Waals surface area (Å²) in [6, 6.07) is 7.83. The van der Waals surface area contributed by atoms with Crippen LogP contribution in [-0.2, 0) is 33.7 Å². The van der Waals surface area contributed by atoms with Crippen molar-refractivity contribution in [3.63, 3.8) is 0 Å². The molecule has 0 radical (unpaired) electrons. The van der Waals surface area contributed by atoms with Gasteiger partial charge in [-0.05, 0) is 30.5 Å². The molecule has 4 saturated heterocycles. The van der Waals surface area contributed by atoms with Gasteiger partial charge in [0, 0.05) is 36.0 Å². The molecule has 5 fully saturated rings. The van der Waals surface area contributed by atoms with E-state index in [2.05, 4.69) is 24.0 Å². The molecule has 6 aliphatic heterocycles. The third-order valence-corrected chi connectivity index (χ3v) is 10.3. The molecule has 1 aliphatic carbocycles. The minimum Gasteiger partial charge on any atom is -0.373 e. The molecule has 31 heavy (non-hydrogen) atoms. The predicted molar refractivity (Wildman–Crippen MR) is 107 cm³/mol. The first-order valence-corrected chi connectivity index (χ1v) is 12.3. The van der Waals surface area contributed by atoms with E-state index in [0.717, 1.165) is 36.3 Å². The van der Waals surface area contributed by atoms with Crippen molar-refractivity contribution >= 4 is 22.0 Å². The Hall–Kier alpha value is -1.78. The van der Waals surface area contributed by atoms with E-state index in [4.69, 9.17) is 13.1 Å². The molecule has 8 rings (SSSR count). The Morgan fingerprint density at radius 3 is 2.81 bits per heavy atom. The second-order valence-electron chi connectivity index (χ2n) is 10.1. The van der Waals surface area contributed by atoms with Crippen molar-refractivity contribution < 1.29 is 26.3 Å². The Kier molecular flexibility index (Phi) is 2.81. The van der Waals surface area contributed by atoms with Gasteiger partial charge in [0.1, 0.15) is 0 Å². The van der Waals surface area contributed by atoms with Crippen molar-refractivity contribution in [2.24, 2.45) is 11.8 Å². The van der Waals surface area contributed by atoms with Crippen LogP contribution in [0, 0.1) is 11.8 Å². The molecule has 0 N–H and O–H groups in total. The lowest BCUT2D eigenvalue weighted by Gasteiger charge is -2.70. The summed E-state index contributed by atoms with van der Waals surface area (Å²) in [5.74, 6) is -1.59. The zero-order valence-electron chi connectivity index (χ0n) is 17.0. The molecule has 6 atom stereocenters. The minimum absolute atomic E-state index is 0.0760. The summed E-state index contributed by atoms with van der Waals surface area (Å²) in [4.78, 5) is 17.9. The van der Waals surface area contributed by atoms with Crippen LogP contribution in [0.2, 0.25) is 0 Å². The summed E-state index contributed by atoms with van der Waals surface area (Å²) in [5, 5.41) is 0. The minimum atomic E-state index is -4.02. The van der Waals surface area contributed by atoms with Crippen LogP contribution in [0.15, 0.2) is 35.9 Å². The number of carbonyl (C=O) groups excluding carboxylic acids is 1. The number of hydrogen-bond acceptors (Lipinski definition) is 7. The van der Waals surface area contributed by atoms with Gasteiger partial charge in [0.25, 0.3) is 0 Å². The molecule has 1 saturated carbocycles. The van der Waals surface area contributed by atoms with Gasteiger partial charge in [-0.2, -0.15) is 8.42 Å². The van der Waals surface area contributed by atoms with Gasteiger partial charge >= 0.3 is 10.4 Å². The highest BCUT2D eigenvalue weighted by Gasteiger charge is 2.86. The average molecular weight is 442 g/mol. The van der Waals surface area contributed by atoms with Crippen molar-refractivity contribution in [2.75, 3.05) is 24.6 Å². The number of para-hydroxylation sites is 1. The largest absolute Gasteiger partial charge is 0.405 e. The van der Waals surface area contributed by atoms with E-state index in [-0.39, 0.29) is 36.3 Å². The Morgan fingerprint density at radius 2 is 2.00 bits per heavy atom. The monoisotopic (exact) mass is 442 g/mol. The van der Waals surface area contributed by atoms with Crippen LogP contribution in [-0.4, -0.2) is 62.4 Å². The zero-order chi connectivity index (χ0) is 21.0. The molecule has 0 aromatic heterocycles. The van der Waals surface area contributed by atoms with Crippen molar-refractivity contribution in [3.05, 3.63) is 41.5 Å². The highest BCUT2D eigenvalue weighted by molar-refractivity contribution is 7.82. The lowest BCUT2D eigenvalue weighted by molar-refractivity contribution is -0.310. The number of fused-ring (bicyclic) bond motifs is 2. The Labute approximate surface area is 180 Å². The van der Waals surface area contributed by atoms with Gasteiger partial charge in [0.2, 0.25) is 11.7 Å². The first-order chi connectivity index (χ1) is 14.8. The molecule has 8 nitrogen and oxygen atoms in total. The number of nitrogens with zero attached hydrogens (tertiary/aromatic N) is 2. The second-order valence-corrected chi connectivity index (χ2v) is 11.3. The van der Waals surface area contributed by atoms with Gasteiger partial charge < -0.3 is 9.64 Å². The van der Waals surface area contributed by atoms with E-state index in [1.807, 2.05) is 23.1 Å². The van der Waals surface area contributed by atoms with E-state index in [1.54, 1.807) is 0 Å². The first-order valence-electron chi connectivity index (χ1n) is 11.0. The SMILES string of the molecule is CC12[C@@H]3C4CC(=O)N1c1ccccc1[C@@]21CCN2CC(=CCO4)[C@@H]3C3(OS(=O)(=O)O3)[C@@H]21. The molecule has 6 heterocycles. The topological polar surface area (TPSA) is 85.4 Å². The number of ether oxygens (including phenoxy) is 1. The van der Waals surface area contributed by atoms with Gasteiger partial charge in [-0.15, -0.1) is 0 Å². The fourth-order valence-corrected chi connectivity index (χ4v) is 9.81. The molecule has 2 unspecified atom stereocenters.